The van der Waals surface area contributed by atoms with Gasteiger partial charge in [0, 0.05) is 45.0 Å². The van der Waals surface area contributed by atoms with Crippen molar-refractivity contribution in [3.8, 4) is 0 Å². The summed E-state index contributed by atoms with van der Waals surface area (Å²) >= 11 is 0. The summed E-state index contributed by atoms with van der Waals surface area (Å²) in [5.41, 5.74) is 1.62. The molecule has 1 saturated carbocycles. The Hall–Kier alpha value is -1.40. The summed E-state index contributed by atoms with van der Waals surface area (Å²) in [6.45, 7) is 5.50. The zero-order valence-electron chi connectivity index (χ0n) is 13.5. The van der Waals surface area contributed by atoms with Gasteiger partial charge in [-0.15, -0.1) is 0 Å². The molecule has 122 valence electrons. The Balaban J connectivity index is 1.69. The molecule has 0 amide bonds. The molecule has 6 heteroatoms. The van der Waals surface area contributed by atoms with Crippen LogP contribution >= 0.6 is 0 Å². The molecule has 1 unspecified atom stereocenters. The van der Waals surface area contributed by atoms with Gasteiger partial charge in [-0.1, -0.05) is 12.8 Å². The molecule has 1 aromatic rings. The third-order valence-corrected chi connectivity index (χ3v) is 5.32. The Morgan fingerprint density at radius 1 is 1.27 bits per heavy atom. The third-order valence-electron chi connectivity index (χ3n) is 5.32. The lowest BCUT2D eigenvalue weighted by Crippen LogP contribution is -2.51. The van der Waals surface area contributed by atoms with Crippen molar-refractivity contribution in [2.75, 3.05) is 26.2 Å². The summed E-state index contributed by atoms with van der Waals surface area (Å²) < 4.78 is 1.89. The lowest BCUT2D eigenvalue weighted by molar-refractivity contribution is -0.144. The Kier molecular flexibility index (Phi) is 4.49. The fourth-order valence-electron chi connectivity index (χ4n) is 3.85. The Morgan fingerprint density at radius 3 is 2.41 bits per heavy atom. The molecule has 1 aliphatic carbocycles. The summed E-state index contributed by atoms with van der Waals surface area (Å²) in [5.74, 6) is -0.795. The second-order valence-electron chi connectivity index (χ2n) is 6.58. The molecule has 0 spiro atoms. The van der Waals surface area contributed by atoms with Gasteiger partial charge in [-0.2, -0.15) is 0 Å². The first kappa shape index (κ1) is 15.5. The Morgan fingerprint density at radius 2 is 1.91 bits per heavy atom. The number of rotatable bonds is 4. The van der Waals surface area contributed by atoms with Crippen LogP contribution in [0.1, 0.15) is 43.1 Å². The number of aryl methyl sites for hydroxylation is 1. The minimum absolute atomic E-state index is 0.619. The number of aromatic nitrogens is 2. The monoisotopic (exact) mass is 306 g/mol. The van der Waals surface area contributed by atoms with Crippen molar-refractivity contribution < 1.29 is 9.90 Å². The minimum Gasteiger partial charge on any atom is -0.480 e. The number of hydrogen-bond donors (Lipinski definition) is 1. The van der Waals surface area contributed by atoms with E-state index in [0.717, 1.165) is 37.9 Å². The predicted molar refractivity (Wildman–Crippen MR) is 83.7 cm³/mol. The van der Waals surface area contributed by atoms with Crippen molar-refractivity contribution in [1.82, 2.24) is 19.4 Å². The van der Waals surface area contributed by atoms with Crippen molar-refractivity contribution in [3.63, 3.8) is 0 Å². The third kappa shape index (κ3) is 2.90. The molecule has 1 atom stereocenters. The zero-order valence-corrected chi connectivity index (χ0v) is 13.5. The van der Waals surface area contributed by atoms with E-state index in [4.69, 9.17) is 0 Å². The van der Waals surface area contributed by atoms with Gasteiger partial charge in [-0.3, -0.25) is 14.6 Å². The maximum atomic E-state index is 11.8. The van der Waals surface area contributed by atoms with Crippen LogP contribution in [0.5, 0.6) is 0 Å². The highest BCUT2D eigenvalue weighted by atomic mass is 16.4. The van der Waals surface area contributed by atoms with Crippen molar-refractivity contribution in [2.45, 2.75) is 44.7 Å². The van der Waals surface area contributed by atoms with Crippen LogP contribution in [0, 0.1) is 6.92 Å². The topological polar surface area (TPSA) is 61.6 Å². The number of aliphatic carboxylic acids is 1. The van der Waals surface area contributed by atoms with Gasteiger partial charge >= 0.3 is 5.97 Å². The van der Waals surface area contributed by atoms with E-state index in [1.54, 1.807) is 6.33 Å². The molecule has 0 aromatic carbocycles. The maximum absolute atomic E-state index is 11.8. The van der Waals surface area contributed by atoms with E-state index in [9.17, 15) is 9.90 Å². The fraction of sp³-hybridized carbons (Fsp3) is 0.750. The second kappa shape index (κ2) is 6.38. The van der Waals surface area contributed by atoms with Crippen LogP contribution in [0.15, 0.2) is 6.33 Å². The highest BCUT2D eigenvalue weighted by Gasteiger charge is 2.35. The van der Waals surface area contributed by atoms with Crippen molar-refractivity contribution >= 4 is 5.97 Å². The molecule has 6 nitrogen and oxygen atoms in total. The normalized spacial score (nSPS) is 23.0. The molecule has 2 aliphatic rings. The number of nitrogens with zero attached hydrogens (tertiary/aromatic N) is 4. The van der Waals surface area contributed by atoms with Gasteiger partial charge in [-0.25, -0.2) is 4.98 Å². The van der Waals surface area contributed by atoms with E-state index in [1.807, 2.05) is 18.5 Å². The van der Waals surface area contributed by atoms with E-state index in [1.165, 1.54) is 25.7 Å². The number of hydrogen-bond acceptors (Lipinski definition) is 4. The summed E-state index contributed by atoms with van der Waals surface area (Å²) in [6, 6.07) is 0.106. The van der Waals surface area contributed by atoms with E-state index >= 15 is 0 Å². The van der Waals surface area contributed by atoms with Crippen LogP contribution < -0.4 is 0 Å². The predicted octanol–water partition coefficient (Wildman–Crippen LogP) is 1.41. The molecule has 1 aliphatic heterocycles. The van der Waals surface area contributed by atoms with Gasteiger partial charge in [0.25, 0.3) is 0 Å². The highest BCUT2D eigenvalue weighted by molar-refractivity contribution is 5.75. The molecule has 22 heavy (non-hydrogen) atoms. The highest BCUT2D eigenvalue weighted by Crippen LogP contribution is 2.28. The Labute approximate surface area is 131 Å². The van der Waals surface area contributed by atoms with Crippen LogP contribution in [-0.2, 0) is 11.8 Å². The number of carbonyl (C=O) groups is 1. The number of imidazole rings is 1. The van der Waals surface area contributed by atoms with Crippen molar-refractivity contribution in [2.24, 2.45) is 7.05 Å². The van der Waals surface area contributed by atoms with Gasteiger partial charge < -0.3 is 9.67 Å². The second-order valence-corrected chi connectivity index (χ2v) is 6.58. The summed E-state index contributed by atoms with van der Waals surface area (Å²) in [4.78, 5) is 20.8. The molecule has 1 saturated heterocycles. The van der Waals surface area contributed by atoms with Gasteiger partial charge in [0.2, 0.25) is 0 Å². The smallest absolute Gasteiger partial charge is 0.327 e. The average molecular weight is 306 g/mol. The molecule has 1 N–H and O–H groups in total. The van der Waals surface area contributed by atoms with E-state index in [-0.39, 0.29) is 0 Å². The summed E-state index contributed by atoms with van der Waals surface area (Å²) in [5, 5.41) is 9.69. The summed E-state index contributed by atoms with van der Waals surface area (Å²) in [7, 11) is 1.91. The zero-order chi connectivity index (χ0) is 15.7. The maximum Gasteiger partial charge on any atom is 0.327 e. The van der Waals surface area contributed by atoms with Crippen molar-refractivity contribution in [1.29, 1.82) is 0 Å². The quantitative estimate of drug-likeness (QED) is 0.911. The average Bonchev–Trinajstić information content (AvgIpc) is 3.14. The first-order chi connectivity index (χ1) is 10.6. The van der Waals surface area contributed by atoms with Crippen molar-refractivity contribution in [3.05, 3.63) is 17.7 Å². The van der Waals surface area contributed by atoms with Crippen LogP contribution in [0.4, 0.5) is 0 Å². The van der Waals surface area contributed by atoms with Crippen LogP contribution in [0.25, 0.3) is 0 Å². The standard InChI is InChI=1S/C16H26N4O2/c1-12-14(17-11-18(12)2)15(16(21)22)20-9-7-19(8-10-20)13-5-3-4-6-13/h11,13,15H,3-10H2,1-2H3,(H,21,22). The first-order valence-corrected chi connectivity index (χ1v) is 8.26. The van der Waals surface area contributed by atoms with Gasteiger partial charge in [0.1, 0.15) is 0 Å². The molecule has 1 aromatic heterocycles. The number of carboxylic acids is 1. The molecule has 2 heterocycles. The van der Waals surface area contributed by atoms with E-state index in [0.29, 0.717) is 5.69 Å². The first-order valence-electron chi connectivity index (χ1n) is 8.26. The summed E-state index contributed by atoms with van der Waals surface area (Å²) in [6.07, 6.45) is 7.00. The fourth-order valence-corrected chi connectivity index (χ4v) is 3.85. The number of carboxylic acid groups (broad SMARTS) is 1. The van der Waals surface area contributed by atoms with E-state index < -0.39 is 12.0 Å². The molecule has 0 radical (unpaired) electrons. The SMILES string of the molecule is Cc1c(C(C(=O)O)N2CCN(C3CCCC3)CC2)ncn1C. The van der Waals surface area contributed by atoms with E-state index in [2.05, 4.69) is 14.8 Å². The Bertz CT molecular complexity index is 528. The largest absolute Gasteiger partial charge is 0.480 e. The van der Waals surface area contributed by atoms with Gasteiger partial charge in [0.05, 0.1) is 12.0 Å². The van der Waals surface area contributed by atoms with Crippen LogP contribution in [0.2, 0.25) is 0 Å². The van der Waals surface area contributed by atoms with Gasteiger partial charge in [-0.05, 0) is 19.8 Å². The molecular formula is C16H26N4O2. The number of piperazine rings is 1. The molecule has 0 bridgehead atoms. The molecule has 3 rings (SSSR count). The van der Waals surface area contributed by atoms with Gasteiger partial charge in [0.15, 0.2) is 6.04 Å². The lowest BCUT2D eigenvalue weighted by Gasteiger charge is -2.40. The molecular weight excluding hydrogens is 280 g/mol. The van der Waals surface area contributed by atoms with Crippen LogP contribution in [-0.4, -0.2) is 62.6 Å². The molecule has 2 fully saturated rings. The minimum atomic E-state index is -0.795. The van der Waals surface area contributed by atoms with Crippen LogP contribution in [0.3, 0.4) is 0 Å². The lowest BCUT2D eigenvalue weighted by atomic mass is 10.1.